The first kappa shape index (κ1) is 14.4. The molecule has 4 nitrogen and oxygen atoms in total. The lowest BCUT2D eigenvalue weighted by molar-refractivity contribution is -0.146. The second kappa shape index (κ2) is 5.51. The van der Waals surface area contributed by atoms with Crippen LogP contribution in [0.15, 0.2) is 0 Å². The van der Waals surface area contributed by atoms with Gasteiger partial charge in [0.2, 0.25) is 5.91 Å². The van der Waals surface area contributed by atoms with E-state index in [0.29, 0.717) is 12.3 Å². The van der Waals surface area contributed by atoms with Gasteiger partial charge in [-0.15, -0.1) is 0 Å². The number of carboxylic acids is 1. The van der Waals surface area contributed by atoms with Gasteiger partial charge in [-0.25, -0.2) is 0 Å². The largest absolute Gasteiger partial charge is 0.481 e. The molecule has 1 amide bonds. The van der Waals surface area contributed by atoms with Crippen molar-refractivity contribution in [1.82, 2.24) is 5.32 Å². The van der Waals surface area contributed by atoms with Crippen LogP contribution in [0.3, 0.4) is 0 Å². The van der Waals surface area contributed by atoms with E-state index in [1.165, 1.54) is 6.42 Å². The molecule has 0 bridgehead atoms. The van der Waals surface area contributed by atoms with Gasteiger partial charge in [0.25, 0.3) is 0 Å². The van der Waals surface area contributed by atoms with Crippen LogP contribution in [0, 0.1) is 17.8 Å². The molecule has 3 atom stereocenters. The molecule has 2 aliphatic rings. The zero-order valence-corrected chi connectivity index (χ0v) is 11.9. The van der Waals surface area contributed by atoms with Crippen molar-refractivity contribution in [2.24, 2.45) is 17.8 Å². The zero-order chi connectivity index (χ0) is 14.0. The summed E-state index contributed by atoms with van der Waals surface area (Å²) >= 11 is 0. The monoisotopic (exact) mass is 267 g/mol. The number of hydrogen-bond donors (Lipinski definition) is 2. The minimum Gasteiger partial charge on any atom is -0.481 e. The maximum absolute atomic E-state index is 12.4. The summed E-state index contributed by atoms with van der Waals surface area (Å²) < 4.78 is 0. The summed E-state index contributed by atoms with van der Waals surface area (Å²) in [4.78, 5) is 23.7. The molecule has 3 unspecified atom stereocenters. The maximum atomic E-state index is 12.4. The van der Waals surface area contributed by atoms with Crippen LogP contribution in [0.2, 0.25) is 0 Å². The van der Waals surface area contributed by atoms with Crippen LogP contribution in [0.1, 0.15) is 58.8 Å². The lowest BCUT2D eigenvalue weighted by Crippen LogP contribution is -2.55. The molecule has 0 heterocycles. The molecule has 0 aromatic rings. The lowest BCUT2D eigenvalue weighted by atomic mass is 9.74. The van der Waals surface area contributed by atoms with E-state index in [4.69, 9.17) is 0 Å². The summed E-state index contributed by atoms with van der Waals surface area (Å²) in [5.74, 6) is -1.26. The average Bonchev–Trinajstić information content (AvgIpc) is 2.78. The van der Waals surface area contributed by atoms with Crippen molar-refractivity contribution < 1.29 is 14.7 Å². The van der Waals surface area contributed by atoms with Crippen molar-refractivity contribution in [2.75, 3.05) is 0 Å². The molecular weight excluding hydrogens is 242 g/mol. The molecular formula is C15H25NO3. The Labute approximate surface area is 115 Å². The molecule has 0 aliphatic heterocycles. The molecule has 2 N–H and O–H groups in total. The number of hydrogen-bond acceptors (Lipinski definition) is 2. The molecule has 0 aromatic carbocycles. The van der Waals surface area contributed by atoms with Crippen molar-refractivity contribution in [3.63, 3.8) is 0 Å². The van der Waals surface area contributed by atoms with Crippen LogP contribution in [-0.4, -0.2) is 22.5 Å². The average molecular weight is 267 g/mol. The third-order valence-corrected chi connectivity index (χ3v) is 5.27. The molecule has 0 spiro atoms. The highest BCUT2D eigenvalue weighted by Gasteiger charge is 2.45. The number of rotatable bonds is 5. The van der Waals surface area contributed by atoms with Crippen molar-refractivity contribution in [3.8, 4) is 0 Å². The van der Waals surface area contributed by atoms with Gasteiger partial charge in [-0.3, -0.25) is 9.59 Å². The second-order valence-electron chi connectivity index (χ2n) is 6.27. The molecule has 2 saturated carbocycles. The summed E-state index contributed by atoms with van der Waals surface area (Å²) in [5, 5.41) is 12.4. The third kappa shape index (κ3) is 2.77. The Hall–Kier alpha value is -1.06. The fourth-order valence-electron chi connectivity index (χ4n) is 3.56. The van der Waals surface area contributed by atoms with Crippen LogP contribution in [-0.2, 0) is 9.59 Å². The smallest absolute Gasteiger partial charge is 0.307 e. The SMILES string of the molecule is CCC1CC(C(=O)O)C(C(=O)NC2(CC)CCC2)C1. The standard InChI is InChI=1S/C15H25NO3/c1-3-10-8-11(12(9-10)14(18)19)13(17)16-15(4-2)6-5-7-15/h10-12H,3-9H2,1-2H3,(H,16,17)(H,18,19). The van der Waals surface area contributed by atoms with Gasteiger partial charge in [0.05, 0.1) is 11.8 Å². The van der Waals surface area contributed by atoms with E-state index in [0.717, 1.165) is 32.1 Å². The molecule has 0 aromatic heterocycles. The Morgan fingerprint density at radius 2 is 1.84 bits per heavy atom. The Bertz CT molecular complexity index is 357. The van der Waals surface area contributed by atoms with E-state index in [1.54, 1.807) is 0 Å². The molecule has 0 saturated heterocycles. The van der Waals surface area contributed by atoms with Gasteiger partial charge in [0.1, 0.15) is 0 Å². The van der Waals surface area contributed by atoms with Crippen LogP contribution >= 0.6 is 0 Å². The number of carbonyl (C=O) groups excluding carboxylic acids is 1. The van der Waals surface area contributed by atoms with Crippen LogP contribution < -0.4 is 5.32 Å². The van der Waals surface area contributed by atoms with Gasteiger partial charge in [-0.1, -0.05) is 20.3 Å². The Kier molecular flexibility index (Phi) is 4.16. The molecule has 2 fully saturated rings. The maximum Gasteiger partial charge on any atom is 0.307 e. The van der Waals surface area contributed by atoms with Crippen molar-refractivity contribution >= 4 is 11.9 Å². The molecule has 19 heavy (non-hydrogen) atoms. The van der Waals surface area contributed by atoms with Crippen molar-refractivity contribution in [2.45, 2.75) is 64.3 Å². The van der Waals surface area contributed by atoms with Gasteiger partial charge in [0, 0.05) is 5.54 Å². The minimum absolute atomic E-state index is 0.0232. The highest BCUT2D eigenvalue weighted by Crippen LogP contribution is 2.40. The third-order valence-electron chi connectivity index (χ3n) is 5.27. The first-order valence-corrected chi connectivity index (χ1v) is 7.56. The lowest BCUT2D eigenvalue weighted by Gasteiger charge is -2.42. The minimum atomic E-state index is -0.810. The van der Waals surface area contributed by atoms with E-state index >= 15 is 0 Å². The van der Waals surface area contributed by atoms with Crippen molar-refractivity contribution in [3.05, 3.63) is 0 Å². The van der Waals surface area contributed by atoms with Crippen LogP contribution in [0.4, 0.5) is 0 Å². The Morgan fingerprint density at radius 3 is 2.26 bits per heavy atom. The predicted octanol–water partition coefficient (Wildman–Crippen LogP) is 2.57. The summed E-state index contributed by atoms with van der Waals surface area (Å²) in [6.45, 7) is 4.17. The molecule has 0 radical (unpaired) electrons. The molecule has 2 rings (SSSR count). The quantitative estimate of drug-likeness (QED) is 0.804. The van der Waals surface area contributed by atoms with Gasteiger partial charge >= 0.3 is 5.97 Å². The van der Waals surface area contributed by atoms with E-state index in [9.17, 15) is 14.7 Å². The number of carbonyl (C=O) groups is 2. The van der Waals surface area contributed by atoms with E-state index in [-0.39, 0.29) is 17.4 Å². The van der Waals surface area contributed by atoms with E-state index in [1.807, 2.05) is 0 Å². The molecule has 4 heteroatoms. The summed E-state index contributed by atoms with van der Waals surface area (Å²) in [7, 11) is 0. The predicted molar refractivity (Wildman–Crippen MR) is 72.6 cm³/mol. The van der Waals surface area contributed by atoms with E-state index in [2.05, 4.69) is 19.2 Å². The summed E-state index contributed by atoms with van der Waals surface area (Å²) in [6.07, 6.45) is 6.54. The van der Waals surface area contributed by atoms with E-state index < -0.39 is 11.9 Å². The first-order chi connectivity index (χ1) is 9.01. The number of aliphatic carboxylic acids is 1. The van der Waals surface area contributed by atoms with Gasteiger partial charge in [-0.2, -0.15) is 0 Å². The van der Waals surface area contributed by atoms with Crippen LogP contribution in [0.5, 0.6) is 0 Å². The first-order valence-electron chi connectivity index (χ1n) is 7.56. The second-order valence-corrected chi connectivity index (χ2v) is 6.27. The Morgan fingerprint density at radius 1 is 1.21 bits per heavy atom. The van der Waals surface area contributed by atoms with Gasteiger partial charge < -0.3 is 10.4 Å². The fourth-order valence-corrected chi connectivity index (χ4v) is 3.56. The highest BCUT2D eigenvalue weighted by atomic mass is 16.4. The number of amides is 1. The van der Waals surface area contributed by atoms with Crippen LogP contribution in [0.25, 0.3) is 0 Å². The van der Waals surface area contributed by atoms with Gasteiger partial charge in [-0.05, 0) is 44.4 Å². The summed E-state index contributed by atoms with van der Waals surface area (Å²) in [6, 6.07) is 0. The Balaban J connectivity index is 2.02. The molecule has 108 valence electrons. The fraction of sp³-hybridized carbons (Fsp3) is 0.867. The number of carboxylic acid groups (broad SMARTS) is 1. The molecule has 2 aliphatic carbocycles. The number of nitrogens with one attached hydrogen (secondary N) is 1. The normalized spacial score (nSPS) is 32.6. The van der Waals surface area contributed by atoms with Crippen molar-refractivity contribution in [1.29, 1.82) is 0 Å². The highest BCUT2D eigenvalue weighted by molar-refractivity contribution is 5.85. The zero-order valence-electron chi connectivity index (χ0n) is 11.9. The summed E-state index contributed by atoms with van der Waals surface area (Å²) in [5.41, 5.74) is -0.0373. The van der Waals surface area contributed by atoms with Gasteiger partial charge in [0.15, 0.2) is 0 Å². The topological polar surface area (TPSA) is 66.4 Å².